The SMILES string of the molecule is O=C(O)C1CCCCC1CNCC1CSc2ccccc21. The molecule has 1 aliphatic carbocycles. The maximum atomic E-state index is 11.3. The maximum Gasteiger partial charge on any atom is 0.306 e. The number of rotatable bonds is 5. The summed E-state index contributed by atoms with van der Waals surface area (Å²) in [4.78, 5) is 12.7. The molecule has 1 fully saturated rings. The number of hydrogen-bond donors (Lipinski definition) is 2. The van der Waals surface area contributed by atoms with Crippen LogP contribution < -0.4 is 5.32 Å². The summed E-state index contributed by atoms with van der Waals surface area (Å²) in [6.07, 6.45) is 4.15. The molecule has 3 atom stereocenters. The average Bonchev–Trinajstić information content (AvgIpc) is 2.91. The first kappa shape index (κ1) is 14.9. The molecule has 2 aliphatic rings. The van der Waals surface area contributed by atoms with Gasteiger partial charge in [-0.25, -0.2) is 0 Å². The van der Waals surface area contributed by atoms with Crippen LogP contribution in [0.1, 0.15) is 37.2 Å². The topological polar surface area (TPSA) is 49.3 Å². The Balaban J connectivity index is 1.51. The van der Waals surface area contributed by atoms with Gasteiger partial charge in [0.05, 0.1) is 5.92 Å². The predicted molar refractivity (Wildman–Crippen MR) is 85.9 cm³/mol. The molecule has 1 aromatic rings. The van der Waals surface area contributed by atoms with Crippen molar-refractivity contribution in [3.05, 3.63) is 29.8 Å². The van der Waals surface area contributed by atoms with E-state index in [0.717, 1.165) is 38.1 Å². The molecule has 4 heteroatoms. The van der Waals surface area contributed by atoms with Crippen LogP contribution in [0.15, 0.2) is 29.2 Å². The Bertz CT molecular complexity index is 505. The van der Waals surface area contributed by atoms with E-state index in [1.807, 2.05) is 11.8 Å². The average molecular weight is 305 g/mol. The van der Waals surface area contributed by atoms with Gasteiger partial charge in [0.15, 0.2) is 0 Å². The molecule has 3 nitrogen and oxygen atoms in total. The molecular formula is C17H23NO2S. The molecule has 21 heavy (non-hydrogen) atoms. The Morgan fingerprint density at radius 3 is 2.90 bits per heavy atom. The molecule has 1 saturated carbocycles. The third-order valence-electron chi connectivity index (χ3n) is 4.82. The number of hydrogen-bond acceptors (Lipinski definition) is 3. The number of carboxylic acids is 1. The van der Waals surface area contributed by atoms with Gasteiger partial charge in [-0.3, -0.25) is 4.79 Å². The molecule has 0 radical (unpaired) electrons. The molecule has 3 rings (SSSR count). The van der Waals surface area contributed by atoms with E-state index in [0.29, 0.717) is 11.8 Å². The second kappa shape index (κ2) is 6.84. The summed E-state index contributed by atoms with van der Waals surface area (Å²) < 4.78 is 0. The van der Waals surface area contributed by atoms with Crippen LogP contribution in [0.2, 0.25) is 0 Å². The summed E-state index contributed by atoms with van der Waals surface area (Å²) in [5, 5.41) is 12.9. The minimum absolute atomic E-state index is 0.142. The molecule has 1 aliphatic heterocycles. The van der Waals surface area contributed by atoms with Gasteiger partial charge in [0.1, 0.15) is 0 Å². The zero-order valence-corrected chi connectivity index (χ0v) is 13.1. The second-order valence-electron chi connectivity index (χ2n) is 6.19. The van der Waals surface area contributed by atoms with E-state index >= 15 is 0 Å². The second-order valence-corrected chi connectivity index (χ2v) is 7.26. The van der Waals surface area contributed by atoms with Gasteiger partial charge in [-0.15, -0.1) is 11.8 Å². The van der Waals surface area contributed by atoms with Crippen LogP contribution in [0.4, 0.5) is 0 Å². The summed E-state index contributed by atoms with van der Waals surface area (Å²) in [5.41, 5.74) is 1.45. The number of fused-ring (bicyclic) bond motifs is 1. The third-order valence-corrected chi connectivity index (χ3v) is 6.07. The van der Waals surface area contributed by atoms with Crippen LogP contribution >= 0.6 is 11.8 Å². The van der Waals surface area contributed by atoms with Gasteiger partial charge >= 0.3 is 5.97 Å². The van der Waals surface area contributed by atoms with E-state index in [-0.39, 0.29) is 5.92 Å². The minimum Gasteiger partial charge on any atom is -0.481 e. The summed E-state index contributed by atoms with van der Waals surface area (Å²) in [6.45, 7) is 1.81. The van der Waals surface area contributed by atoms with Crippen LogP contribution in [0.5, 0.6) is 0 Å². The Labute approximate surface area is 130 Å². The first-order chi connectivity index (χ1) is 10.3. The molecule has 3 unspecified atom stereocenters. The van der Waals surface area contributed by atoms with E-state index in [4.69, 9.17) is 0 Å². The normalized spacial score (nSPS) is 28.3. The van der Waals surface area contributed by atoms with E-state index in [9.17, 15) is 9.90 Å². The monoisotopic (exact) mass is 305 g/mol. The molecule has 0 bridgehead atoms. The largest absolute Gasteiger partial charge is 0.481 e. The number of carboxylic acid groups (broad SMARTS) is 1. The van der Waals surface area contributed by atoms with Crippen molar-refractivity contribution in [2.45, 2.75) is 36.5 Å². The molecule has 2 N–H and O–H groups in total. The van der Waals surface area contributed by atoms with Crippen molar-refractivity contribution in [2.24, 2.45) is 11.8 Å². The van der Waals surface area contributed by atoms with Crippen molar-refractivity contribution in [1.82, 2.24) is 5.32 Å². The minimum atomic E-state index is -0.608. The summed E-state index contributed by atoms with van der Waals surface area (Å²) in [5.74, 6) is 1.26. The van der Waals surface area contributed by atoms with Crippen LogP contribution in [0.25, 0.3) is 0 Å². The Morgan fingerprint density at radius 2 is 2.05 bits per heavy atom. The quantitative estimate of drug-likeness (QED) is 0.876. The lowest BCUT2D eigenvalue weighted by Crippen LogP contribution is -2.36. The first-order valence-corrected chi connectivity index (χ1v) is 8.89. The molecule has 0 spiro atoms. The molecule has 0 aromatic heterocycles. The zero-order chi connectivity index (χ0) is 14.7. The van der Waals surface area contributed by atoms with Crippen molar-refractivity contribution in [2.75, 3.05) is 18.8 Å². The van der Waals surface area contributed by atoms with E-state index < -0.39 is 5.97 Å². The fourth-order valence-corrected chi connectivity index (χ4v) is 4.87. The smallest absolute Gasteiger partial charge is 0.306 e. The number of carbonyl (C=O) groups is 1. The van der Waals surface area contributed by atoms with Gasteiger partial charge in [-0.2, -0.15) is 0 Å². The highest BCUT2D eigenvalue weighted by Gasteiger charge is 2.30. The highest BCUT2D eigenvalue weighted by Crippen LogP contribution is 2.39. The zero-order valence-electron chi connectivity index (χ0n) is 12.3. The van der Waals surface area contributed by atoms with Crippen molar-refractivity contribution in [3.63, 3.8) is 0 Å². The fraction of sp³-hybridized carbons (Fsp3) is 0.588. The van der Waals surface area contributed by atoms with Crippen molar-refractivity contribution in [1.29, 1.82) is 0 Å². The van der Waals surface area contributed by atoms with Crippen molar-refractivity contribution < 1.29 is 9.90 Å². The van der Waals surface area contributed by atoms with Crippen LogP contribution in [-0.4, -0.2) is 29.9 Å². The lowest BCUT2D eigenvalue weighted by molar-refractivity contribution is -0.144. The van der Waals surface area contributed by atoms with Gasteiger partial charge in [0.2, 0.25) is 0 Å². The summed E-state index contributed by atoms with van der Waals surface area (Å²) in [6, 6.07) is 8.63. The third kappa shape index (κ3) is 3.43. The maximum absolute atomic E-state index is 11.3. The Hall–Kier alpha value is -1.00. The Kier molecular flexibility index (Phi) is 4.86. The van der Waals surface area contributed by atoms with E-state index in [1.54, 1.807) is 0 Å². The number of nitrogens with one attached hydrogen (secondary N) is 1. The van der Waals surface area contributed by atoms with Crippen LogP contribution in [0, 0.1) is 11.8 Å². The highest BCUT2D eigenvalue weighted by molar-refractivity contribution is 7.99. The van der Waals surface area contributed by atoms with Gasteiger partial charge in [0.25, 0.3) is 0 Å². The van der Waals surface area contributed by atoms with Gasteiger partial charge in [-0.05, 0) is 36.9 Å². The summed E-state index contributed by atoms with van der Waals surface area (Å²) in [7, 11) is 0. The number of benzene rings is 1. The van der Waals surface area contributed by atoms with Crippen molar-refractivity contribution in [3.8, 4) is 0 Å². The summed E-state index contributed by atoms with van der Waals surface area (Å²) >= 11 is 1.93. The molecular weight excluding hydrogens is 282 g/mol. The lowest BCUT2D eigenvalue weighted by atomic mass is 9.79. The van der Waals surface area contributed by atoms with E-state index in [1.165, 1.54) is 16.9 Å². The van der Waals surface area contributed by atoms with Crippen molar-refractivity contribution >= 4 is 17.7 Å². The molecule has 1 aromatic carbocycles. The van der Waals surface area contributed by atoms with Gasteiger partial charge in [0, 0.05) is 23.1 Å². The molecule has 0 saturated heterocycles. The van der Waals surface area contributed by atoms with E-state index in [2.05, 4.69) is 29.6 Å². The lowest BCUT2D eigenvalue weighted by Gasteiger charge is -2.29. The molecule has 114 valence electrons. The standard InChI is InChI=1S/C17H23NO2S/c19-17(20)15-7-2-1-5-12(15)9-18-10-13-11-21-16-8-4-3-6-14(13)16/h3-4,6,8,12-13,15,18H,1-2,5,7,9-11H2,(H,19,20). The van der Waals surface area contributed by atoms with Gasteiger partial charge in [-0.1, -0.05) is 31.0 Å². The molecule has 1 heterocycles. The van der Waals surface area contributed by atoms with Gasteiger partial charge < -0.3 is 10.4 Å². The first-order valence-electron chi connectivity index (χ1n) is 7.91. The van der Waals surface area contributed by atoms with Crippen LogP contribution in [0.3, 0.4) is 0 Å². The fourth-order valence-electron chi connectivity index (χ4n) is 3.62. The number of thioether (sulfide) groups is 1. The van der Waals surface area contributed by atoms with Crippen LogP contribution in [-0.2, 0) is 4.79 Å². The number of aliphatic carboxylic acids is 1. The Morgan fingerprint density at radius 1 is 1.24 bits per heavy atom. The molecule has 0 amide bonds. The predicted octanol–water partition coefficient (Wildman–Crippen LogP) is 3.36. The highest BCUT2D eigenvalue weighted by atomic mass is 32.2.